The number of amides is 2. The number of aromatic nitrogens is 5. The number of ether oxygens (including phenoxy) is 1. The summed E-state index contributed by atoms with van der Waals surface area (Å²) in [5.41, 5.74) is 4.75. The molecular weight excluding hydrogens is 442 g/mol. The van der Waals surface area contributed by atoms with Crippen LogP contribution in [-0.4, -0.2) is 37.7 Å². The molecule has 176 valence electrons. The molecule has 0 saturated heterocycles. The van der Waals surface area contributed by atoms with Gasteiger partial charge in [-0.3, -0.25) is 15.0 Å². The Balaban J connectivity index is 1.50. The highest BCUT2D eigenvalue weighted by molar-refractivity contribution is 6.06. The number of pyridine rings is 1. The van der Waals surface area contributed by atoms with Crippen molar-refractivity contribution in [2.75, 3.05) is 17.7 Å². The minimum Gasteiger partial charge on any atom is -0.378 e. The SMILES string of the molecule is COCc1cc2c(NC(=O)Nc3c(C)c(-c4cnn(C)c4)nn3-c3ccccc3)cccc2cn1. The molecule has 0 aliphatic rings. The maximum atomic E-state index is 13.2. The lowest BCUT2D eigenvalue weighted by Crippen LogP contribution is -2.22. The number of anilines is 2. The predicted molar refractivity (Wildman–Crippen MR) is 136 cm³/mol. The lowest BCUT2D eigenvalue weighted by atomic mass is 10.1. The smallest absolute Gasteiger partial charge is 0.324 e. The zero-order chi connectivity index (χ0) is 24.4. The van der Waals surface area contributed by atoms with Crippen LogP contribution in [0.15, 0.2) is 73.2 Å². The molecule has 2 aromatic carbocycles. The van der Waals surface area contributed by atoms with Gasteiger partial charge in [0.1, 0.15) is 11.5 Å². The molecule has 9 nitrogen and oxygen atoms in total. The van der Waals surface area contributed by atoms with Gasteiger partial charge in [0, 0.05) is 48.5 Å². The van der Waals surface area contributed by atoms with Gasteiger partial charge in [-0.2, -0.15) is 10.2 Å². The first-order valence-corrected chi connectivity index (χ1v) is 11.1. The molecular formula is C26H25N7O2. The predicted octanol–water partition coefficient (Wildman–Crippen LogP) is 4.92. The van der Waals surface area contributed by atoms with Crippen LogP contribution < -0.4 is 10.6 Å². The van der Waals surface area contributed by atoms with E-state index < -0.39 is 0 Å². The Labute approximate surface area is 202 Å². The van der Waals surface area contributed by atoms with Gasteiger partial charge in [0.15, 0.2) is 0 Å². The van der Waals surface area contributed by atoms with Gasteiger partial charge in [-0.15, -0.1) is 0 Å². The largest absolute Gasteiger partial charge is 0.378 e. The fraction of sp³-hybridized carbons (Fsp3) is 0.154. The number of methoxy groups -OCH3 is 1. The number of carbonyl (C=O) groups is 1. The van der Waals surface area contributed by atoms with E-state index in [0.29, 0.717) is 18.1 Å². The molecule has 0 atom stereocenters. The second kappa shape index (κ2) is 9.40. The first-order valence-electron chi connectivity index (χ1n) is 11.1. The number of aryl methyl sites for hydroxylation is 1. The number of rotatable bonds is 6. The number of nitrogens with one attached hydrogen (secondary N) is 2. The molecule has 0 fully saturated rings. The van der Waals surface area contributed by atoms with Crippen molar-refractivity contribution in [3.05, 3.63) is 84.4 Å². The summed E-state index contributed by atoms with van der Waals surface area (Å²) < 4.78 is 8.67. The number of benzene rings is 2. The van der Waals surface area contributed by atoms with Crippen LogP contribution in [0.2, 0.25) is 0 Å². The average molecular weight is 468 g/mol. The van der Waals surface area contributed by atoms with Gasteiger partial charge in [0.2, 0.25) is 0 Å². The fourth-order valence-electron chi connectivity index (χ4n) is 4.03. The Morgan fingerprint density at radius 3 is 2.63 bits per heavy atom. The molecule has 35 heavy (non-hydrogen) atoms. The van der Waals surface area contributed by atoms with Crippen molar-refractivity contribution < 1.29 is 9.53 Å². The lowest BCUT2D eigenvalue weighted by molar-refractivity contribution is 0.181. The van der Waals surface area contributed by atoms with Crippen molar-refractivity contribution in [1.29, 1.82) is 0 Å². The van der Waals surface area contributed by atoms with E-state index in [-0.39, 0.29) is 6.03 Å². The van der Waals surface area contributed by atoms with Gasteiger partial charge in [-0.1, -0.05) is 30.3 Å². The highest BCUT2D eigenvalue weighted by Crippen LogP contribution is 2.31. The minimum absolute atomic E-state index is 0.375. The number of hydrogen-bond acceptors (Lipinski definition) is 5. The van der Waals surface area contributed by atoms with Gasteiger partial charge in [0.05, 0.1) is 29.9 Å². The van der Waals surface area contributed by atoms with E-state index in [1.807, 2.05) is 74.8 Å². The van der Waals surface area contributed by atoms with Crippen molar-refractivity contribution >= 4 is 28.3 Å². The van der Waals surface area contributed by atoms with Crippen molar-refractivity contribution in [3.8, 4) is 16.9 Å². The number of urea groups is 1. The molecule has 0 aliphatic heterocycles. The molecule has 0 aliphatic carbocycles. The summed E-state index contributed by atoms with van der Waals surface area (Å²) in [5, 5.41) is 16.9. The highest BCUT2D eigenvalue weighted by atomic mass is 16.5. The van der Waals surface area contributed by atoms with E-state index in [0.717, 1.165) is 39.0 Å². The standard InChI is InChI=1S/C26H25N7O2/c1-17-24(19-14-28-32(2)15-19)31-33(21-9-5-4-6-10-21)25(17)30-26(34)29-23-11-7-8-18-13-27-20(16-35-3)12-22(18)23/h4-15H,16H2,1-3H3,(H2,29,30,34). The molecule has 2 N–H and O–H groups in total. The van der Waals surface area contributed by atoms with E-state index in [1.54, 1.807) is 28.9 Å². The molecule has 0 bridgehead atoms. The van der Waals surface area contributed by atoms with E-state index in [2.05, 4.69) is 20.7 Å². The topological polar surface area (TPSA) is 98.9 Å². The summed E-state index contributed by atoms with van der Waals surface area (Å²) in [6.45, 7) is 2.33. The molecule has 0 radical (unpaired) electrons. The zero-order valence-corrected chi connectivity index (χ0v) is 19.7. The van der Waals surface area contributed by atoms with Gasteiger partial charge < -0.3 is 10.1 Å². The fourth-order valence-corrected chi connectivity index (χ4v) is 4.03. The van der Waals surface area contributed by atoms with Crippen molar-refractivity contribution in [2.24, 2.45) is 7.05 Å². The third-order valence-corrected chi connectivity index (χ3v) is 5.69. The summed E-state index contributed by atoms with van der Waals surface area (Å²) in [5.74, 6) is 0.578. The summed E-state index contributed by atoms with van der Waals surface area (Å²) in [6, 6.07) is 16.9. The third-order valence-electron chi connectivity index (χ3n) is 5.69. The molecule has 2 amide bonds. The zero-order valence-electron chi connectivity index (χ0n) is 19.7. The van der Waals surface area contributed by atoms with E-state index in [4.69, 9.17) is 9.84 Å². The maximum Gasteiger partial charge on any atom is 0.324 e. The van der Waals surface area contributed by atoms with E-state index >= 15 is 0 Å². The number of para-hydroxylation sites is 1. The first kappa shape index (κ1) is 22.3. The van der Waals surface area contributed by atoms with Gasteiger partial charge in [0.25, 0.3) is 0 Å². The second-order valence-electron chi connectivity index (χ2n) is 8.19. The van der Waals surface area contributed by atoms with Crippen LogP contribution in [-0.2, 0) is 18.4 Å². The Kier molecular flexibility index (Phi) is 5.99. The minimum atomic E-state index is -0.375. The Bertz CT molecular complexity index is 1510. The maximum absolute atomic E-state index is 13.2. The molecule has 0 saturated carbocycles. The van der Waals surface area contributed by atoms with Crippen molar-refractivity contribution in [1.82, 2.24) is 24.5 Å². The van der Waals surface area contributed by atoms with E-state index in [1.165, 1.54) is 0 Å². The van der Waals surface area contributed by atoms with Crippen LogP contribution in [0.25, 0.3) is 27.7 Å². The van der Waals surface area contributed by atoms with Gasteiger partial charge in [-0.25, -0.2) is 9.48 Å². The Hall–Kier alpha value is -4.50. The highest BCUT2D eigenvalue weighted by Gasteiger charge is 2.20. The monoisotopic (exact) mass is 467 g/mol. The van der Waals surface area contributed by atoms with Gasteiger partial charge >= 0.3 is 6.03 Å². The number of nitrogens with zero attached hydrogens (tertiary/aromatic N) is 5. The van der Waals surface area contributed by atoms with Crippen LogP contribution in [0.3, 0.4) is 0 Å². The molecule has 5 rings (SSSR count). The molecule has 3 aromatic heterocycles. The first-order chi connectivity index (χ1) is 17.0. The average Bonchev–Trinajstić information content (AvgIpc) is 3.43. The molecule has 0 unspecified atom stereocenters. The normalized spacial score (nSPS) is 11.1. The molecule has 9 heteroatoms. The molecule has 5 aromatic rings. The lowest BCUT2D eigenvalue weighted by Gasteiger charge is -2.13. The third kappa shape index (κ3) is 4.49. The molecule has 3 heterocycles. The Morgan fingerprint density at radius 2 is 1.89 bits per heavy atom. The van der Waals surface area contributed by atoms with Crippen molar-refractivity contribution in [2.45, 2.75) is 13.5 Å². The van der Waals surface area contributed by atoms with Crippen molar-refractivity contribution in [3.63, 3.8) is 0 Å². The number of hydrogen-bond donors (Lipinski definition) is 2. The van der Waals surface area contributed by atoms with E-state index in [9.17, 15) is 4.79 Å². The number of fused-ring (bicyclic) bond motifs is 1. The van der Waals surface area contributed by atoms with Gasteiger partial charge in [-0.05, 0) is 31.2 Å². The summed E-state index contributed by atoms with van der Waals surface area (Å²) in [4.78, 5) is 17.6. The quantitative estimate of drug-likeness (QED) is 0.369. The summed E-state index contributed by atoms with van der Waals surface area (Å²) in [7, 11) is 3.48. The summed E-state index contributed by atoms with van der Waals surface area (Å²) in [6.07, 6.45) is 5.44. The van der Waals surface area contributed by atoms with Crippen LogP contribution >= 0.6 is 0 Å². The summed E-state index contributed by atoms with van der Waals surface area (Å²) >= 11 is 0. The van der Waals surface area contributed by atoms with Crippen LogP contribution in [0, 0.1) is 6.92 Å². The van der Waals surface area contributed by atoms with Crippen LogP contribution in [0.5, 0.6) is 0 Å². The van der Waals surface area contributed by atoms with Crippen LogP contribution in [0.1, 0.15) is 11.3 Å². The molecule has 0 spiro atoms. The van der Waals surface area contributed by atoms with Crippen LogP contribution in [0.4, 0.5) is 16.3 Å². The second-order valence-corrected chi connectivity index (χ2v) is 8.19. The number of carbonyl (C=O) groups excluding carboxylic acids is 1. The Morgan fingerprint density at radius 1 is 1.06 bits per heavy atom.